The topological polar surface area (TPSA) is 80.5 Å². The monoisotopic (exact) mass is 253 g/mol. The van der Waals surface area contributed by atoms with E-state index in [2.05, 4.69) is 36.1 Å². The summed E-state index contributed by atoms with van der Waals surface area (Å²) in [6, 6.07) is 3.73. The summed E-state index contributed by atoms with van der Waals surface area (Å²) in [6.45, 7) is 0.345. The highest BCUT2D eigenvalue weighted by Gasteiger charge is 2.08. The van der Waals surface area contributed by atoms with E-state index >= 15 is 0 Å². The van der Waals surface area contributed by atoms with Crippen LogP contribution in [0.2, 0.25) is 0 Å². The third-order valence-electron chi connectivity index (χ3n) is 1.70. The van der Waals surface area contributed by atoms with Crippen molar-refractivity contribution >= 4 is 15.9 Å². The first kappa shape index (κ1) is 9.29. The summed E-state index contributed by atoms with van der Waals surface area (Å²) in [7, 11) is 0. The number of nitrogens with zero attached hydrogens (tertiary/aromatic N) is 3. The van der Waals surface area contributed by atoms with Crippen molar-refractivity contribution in [2.24, 2.45) is 5.73 Å². The smallest absolute Gasteiger partial charge is 0.200 e. The Kier molecular flexibility index (Phi) is 2.55. The molecule has 0 aromatic carbocycles. The molecule has 3 N–H and O–H groups in total. The quantitative estimate of drug-likeness (QED) is 0.840. The number of aromatic nitrogens is 4. The molecule has 2 rings (SSSR count). The highest BCUT2D eigenvalue weighted by atomic mass is 79.9. The Labute approximate surface area is 88.9 Å². The number of pyridine rings is 1. The Hall–Kier alpha value is -1.27. The van der Waals surface area contributed by atoms with Gasteiger partial charge in [0, 0.05) is 10.7 Å². The highest BCUT2D eigenvalue weighted by Crippen LogP contribution is 2.21. The van der Waals surface area contributed by atoms with Crippen molar-refractivity contribution in [3.63, 3.8) is 0 Å². The number of hydrogen-bond donors (Lipinski definition) is 2. The molecule has 6 heteroatoms. The highest BCUT2D eigenvalue weighted by molar-refractivity contribution is 9.10. The van der Waals surface area contributed by atoms with Gasteiger partial charge in [-0.15, -0.1) is 0 Å². The molecule has 0 saturated carbocycles. The van der Waals surface area contributed by atoms with Crippen molar-refractivity contribution in [2.75, 3.05) is 0 Å². The SMILES string of the molecule is NCc1nc(-c2ncccc2Br)n[nH]1. The van der Waals surface area contributed by atoms with E-state index in [4.69, 9.17) is 5.73 Å². The van der Waals surface area contributed by atoms with Gasteiger partial charge in [0.15, 0.2) is 0 Å². The minimum atomic E-state index is 0.345. The fraction of sp³-hybridized carbons (Fsp3) is 0.125. The van der Waals surface area contributed by atoms with Crippen LogP contribution in [-0.4, -0.2) is 20.2 Å². The number of rotatable bonds is 2. The summed E-state index contributed by atoms with van der Waals surface area (Å²) in [5.74, 6) is 1.20. The van der Waals surface area contributed by atoms with Crippen molar-refractivity contribution in [3.05, 3.63) is 28.6 Å². The molecule has 0 unspecified atom stereocenters. The van der Waals surface area contributed by atoms with Crippen molar-refractivity contribution in [2.45, 2.75) is 6.54 Å². The largest absolute Gasteiger partial charge is 0.324 e. The summed E-state index contributed by atoms with van der Waals surface area (Å²) in [5.41, 5.74) is 6.12. The van der Waals surface area contributed by atoms with Gasteiger partial charge in [0.1, 0.15) is 11.5 Å². The molecule has 2 aromatic rings. The summed E-state index contributed by atoms with van der Waals surface area (Å²) in [5, 5.41) is 6.74. The minimum Gasteiger partial charge on any atom is -0.324 e. The number of H-pyrrole nitrogens is 1. The van der Waals surface area contributed by atoms with Gasteiger partial charge in [0.05, 0.1) is 6.54 Å². The lowest BCUT2D eigenvalue weighted by atomic mass is 10.3. The standard InChI is InChI=1S/C8H8BrN5/c9-5-2-1-3-11-7(5)8-12-6(4-10)13-14-8/h1-3H,4,10H2,(H,12,13,14). The van der Waals surface area contributed by atoms with Gasteiger partial charge in [-0.1, -0.05) is 0 Å². The van der Waals surface area contributed by atoms with Gasteiger partial charge >= 0.3 is 0 Å². The number of hydrogen-bond acceptors (Lipinski definition) is 4. The van der Waals surface area contributed by atoms with Crippen LogP contribution >= 0.6 is 15.9 Å². The predicted octanol–water partition coefficient (Wildman–Crippen LogP) is 1.09. The average molecular weight is 254 g/mol. The number of nitrogens with two attached hydrogens (primary N) is 1. The van der Waals surface area contributed by atoms with Gasteiger partial charge in [-0.05, 0) is 28.1 Å². The summed E-state index contributed by atoms with van der Waals surface area (Å²) in [6.07, 6.45) is 1.69. The first-order valence-electron chi connectivity index (χ1n) is 4.03. The zero-order valence-corrected chi connectivity index (χ0v) is 8.82. The molecular weight excluding hydrogens is 246 g/mol. The van der Waals surface area contributed by atoms with Crippen LogP contribution in [0, 0.1) is 0 Å². The third kappa shape index (κ3) is 1.66. The second-order valence-corrected chi connectivity index (χ2v) is 3.50. The van der Waals surface area contributed by atoms with Gasteiger partial charge in [-0.25, -0.2) is 4.98 Å². The molecule has 0 aliphatic heterocycles. The van der Waals surface area contributed by atoms with E-state index < -0.39 is 0 Å². The van der Waals surface area contributed by atoms with Crippen molar-refractivity contribution in [3.8, 4) is 11.5 Å². The molecule has 2 aromatic heterocycles. The lowest BCUT2D eigenvalue weighted by molar-refractivity contribution is 0.917. The molecule has 0 saturated heterocycles. The van der Waals surface area contributed by atoms with E-state index in [0.29, 0.717) is 23.9 Å². The maximum Gasteiger partial charge on any atom is 0.200 e. The summed E-state index contributed by atoms with van der Waals surface area (Å²) < 4.78 is 0.863. The lowest BCUT2D eigenvalue weighted by Gasteiger charge is -1.95. The number of nitrogens with one attached hydrogen (secondary N) is 1. The number of halogens is 1. The Balaban J connectivity index is 2.44. The zero-order valence-electron chi connectivity index (χ0n) is 7.24. The van der Waals surface area contributed by atoms with E-state index in [1.165, 1.54) is 0 Å². The minimum absolute atomic E-state index is 0.345. The van der Waals surface area contributed by atoms with Crippen molar-refractivity contribution < 1.29 is 0 Å². The third-order valence-corrected chi connectivity index (χ3v) is 2.34. The molecule has 2 heterocycles. The molecule has 0 amide bonds. The van der Waals surface area contributed by atoms with Crippen LogP contribution in [-0.2, 0) is 6.54 Å². The van der Waals surface area contributed by atoms with Crippen LogP contribution < -0.4 is 5.73 Å². The molecule has 5 nitrogen and oxygen atoms in total. The van der Waals surface area contributed by atoms with Crippen molar-refractivity contribution in [1.29, 1.82) is 0 Å². The summed E-state index contributed by atoms with van der Waals surface area (Å²) in [4.78, 5) is 8.34. The Morgan fingerprint density at radius 3 is 3.00 bits per heavy atom. The van der Waals surface area contributed by atoms with E-state index in [0.717, 1.165) is 4.47 Å². The van der Waals surface area contributed by atoms with Crippen LogP contribution in [0.15, 0.2) is 22.8 Å². The van der Waals surface area contributed by atoms with E-state index in [9.17, 15) is 0 Å². The average Bonchev–Trinajstić information content (AvgIpc) is 2.67. The predicted molar refractivity (Wildman–Crippen MR) is 55.2 cm³/mol. The fourth-order valence-electron chi connectivity index (χ4n) is 1.04. The second-order valence-electron chi connectivity index (χ2n) is 2.64. The van der Waals surface area contributed by atoms with Crippen LogP contribution in [0.25, 0.3) is 11.5 Å². The van der Waals surface area contributed by atoms with E-state index in [1.807, 2.05) is 12.1 Å². The number of aromatic amines is 1. The summed E-state index contributed by atoms with van der Waals surface area (Å²) >= 11 is 3.38. The molecule has 14 heavy (non-hydrogen) atoms. The molecular formula is C8H8BrN5. The molecule has 72 valence electrons. The molecule has 0 atom stereocenters. The molecule has 0 spiro atoms. The Morgan fingerprint density at radius 2 is 2.36 bits per heavy atom. The normalized spacial score (nSPS) is 10.4. The van der Waals surface area contributed by atoms with Gasteiger partial charge in [0.25, 0.3) is 0 Å². The molecule has 0 aliphatic carbocycles. The first-order chi connectivity index (χ1) is 6.81. The maximum atomic E-state index is 5.41. The van der Waals surface area contributed by atoms with Gasteiger partial charge < -0.3 is 5.73 Å². The second kappa shape index (κ2) is 3.85. The first-order valence-corrected chi connectivity index (χ1v) is 4.83. The van der Waals surface area contributed by atoms with Gasteiger partial charge in [-0.2, -0.15) is 5.10 Å². The Bertz CT molecular complexity index is 439. The van der Waals surface area contributed by atoms with Crippen LogP contribution in [0.1, 0.15) is 5.82 Å². The van der Waals surface area contributed by atoms with E-state index in [1.54, 1.807) is 6.20 Å². The van der Waals surface area contributed by atoms with Crippen LogP contribution in [0.3, 0.4) is 0 Å². The molecule has 0 aliphatic rings. The van der Waals surface area contributed by atoms with Crippen molar-refractivity contribution in [1.82, 2.24) is 20.2 Å². The Morgan fingerprint density at radius 1 is 1.50 bits per heavy atom. The molecule has 0 bridgehead atoms. The maximum absolute atomic E-state index is 5.41. The lowest BCUT2D eigenvalue weighted by Crippen LogP contribution is -1.98. The zero-order chi connectivity index (χ0) is 9.97. The molecule has 0 radical (unpaired) electrons. The van der Waals surface area contributed by atoms with E-state index in [-0.39, 0.29) is 0 Å². The molecule has 0 fully saturated rings. The van der Waals surface area contributed by atoms with Gasteiger partial charge in [-0.3, -0.25) is 10.1 Å². The van der Waals surface area contributed by atoms with Gasteiger partial charge in [0.2, 0.25) is 5.82 Å². The van der Waals surface area contributed by atoms with Crippen LogP contribution in [0.4, 0.5) is 0 Å². The van der Waals surface area contributed by atoms with Crippen LogP contribution in [0.5, 0.6) is 0 Å². The fourth-order valence-corrected chi connectivity index (χ4v) is 1.48.